The van der Waals surface area contributed by atoms with Gasteiger partial charge in [-0.1, -0.05) is 29.8 Å². The number of H-pyrrole nitrogens is 1. The summed E-state index contributed by atoms with van der Waals surface area (Å²) >= 11 is 9.28. The zero-order chi connectivity index (χ0) is 13.4. The number of aliphatic hydroxyl groups is 1. The molecule has 5 heteroatoms. The first-order valence-electron chi connectivity index (χ1n) is 5.73. The third kappa shape index (κ3) is 2.39. The van der Waals surface area contributed by atoms with Gasteiger partial charge >= 0.3 is 0 Å². The molecule has 0 amide bonds. The second-order valence-electron chi connectivity index (χ2n) is 4.21. The van der Waals surface area contributed by atoms with E-state index in [9.17, 15) is 5.11 Å². The zero-order valence-corrected chi connectivity index (χ0v) is 12.1. The van der Waals surface area contributed by atoms with Crippen molar-refractivity contribution in [3.8, 4) is 0 Å². The maximum absolute atomic E-state index is 10.3. The number of hydrogen-bond acceptors (Lipinski definition) is 2. The Balaban J connectivity index is 2.04. The monoisotopic (exact) mass is 336 g/mol. The van der Waals surface area contributed by atoms with Gasteiger partial charge in [0.1, 0.15) is 17.4 Å². The minimum atomic E-state index is -0.795. The Morgan fingerprint density at radius 3 is 2.58 bits per heavy atom. The molecule has 0 saturated carbocycles. The van der Waals surface area contributed by atoms with Crippen molar-refractivity contribution in [2.24, 2.45) is 0 Å². The van der Waals surface area contributed by atoms with Gasteiger partial charge in [0.05, 0.1) is 5.52 Å². The van der Waals surface area contributed by atoms with E-state index in [1.165, 1.54) is 0 Å². The Morgan fingerprint density at radius 2 is 1.89 bits per heavy atom. The van der Waals surface area contributed by atoms with Gasteiger partial charge in [0, 0.05) is 9.50 Å². The van der Waals surface area contributed by atoms with Crippen LogP contribution in [0.1, 0.15) is 17.5 Å². The van der Waals surface area contributed by atoms with Crippen molar-refractivity contribution in [2.45, 2.75) is 6.10 Å². The van der Waals surface area contributed by atoms with Gasteiger partial charge in [0.15, 0.2) is 0 Å². The fourth-order valence-electron chi connectivity index (χ4n) is 1.95. The molecule has 0 bridgehead atoms. The molecule has 2 aromatic carbocycles. The summed E-state index contributed by atoms with van der Waals surface area (Å²) in [5.41, 5.74) is 2.45. The fourth-order valence-corrected chi connectivity index (χ4v) is 2.53. The van der Waals surface area contributed by atoms with E-state index < -0.39 is 6.10 Å². The van der Waals surface area contributed by atoms with E-state index in [4.69, 9.17) is 11.6 Å². The Bertz CT molecular complexity index is 724. The number of aromatic amines is 1. The average Bonchev–Trinajstić information content (AvgIpc) is 2.84. The van der Waals surface area contributed by atoms with Crippen molar-refractivity contribution in [2.75, 3.05) is 0 Å². The van der Waals surface area contributed by atoms with E-state index in [1.807, 2.05) is 18.2 Å². The fraction of sp³-hybridized carbons (Fsp3) is 0.0714. The smallest absolute Gasteiger partial charge is 0.140 e. The minimum Gasteiger partial charge on any atom is -0.380 e. The molecule has 0 aliphatic heterocycles. The van der Waals surface area contributed by atoms with Crippen LogP contribution in [0.15, 0.2) is 46.9 Å². The van der Waals surface area contributed by atoms with Crippen LogP contribution in [0.2, 0.25) is 5.02 Å². The number of para-hydroxylation sites is 1. The van der Waals surface area contributed by atoms with Crippen LogP contribution in [0.25, 0.3) is 11.0 Å². The molecule has 3 aromatic rings. The molecule has 3 rings (SSSR count). The molecule has 0 radical (unpaired) electrons. The number of nitrogens with one attached hydrogen (secondary N) is 1. The van der Waals surface area contributed by atoms with Gasteiger partial charge in [0.2, 0.25) is 0 Å². The van der Waals surface area contributed by atoms with Crippen molar-refractivity contribution in [3.05, 3.63) is 63.3 Å². The first-order chi connectivity index (χ1) is 9.15. The summed E-state index contributed by atoms with van der Waals surface area (Å²) < 4.78 is 0.899. The Hall–Kier alpha value is -1.36. The molecule has 0 aliphatic carbocycles. The molecule has 96 valence electrons. The van der Waals surface area contributed by atoms with Crippen LogP contribution in [0.5, 0.6) is 0 Å². The number of aromatic nitrogens is 2. The number of hydrogen-bond donors (Lipinski definition) is 2. The number of benzene rings is 2. The van der Waals surface area contributed by atoms with Crippen molar-refractivity contribution >= 4 is 38.6 Å². The lowest BCUT2D eigenvalue weighted by Gasteiger charge is -2.07. The van der Waals surface area contributed by atoms with Crippen LogP contribution in [-0.4, -0.2) is 15.1 Å². The van der Waals surface area contributed by atoms with Crippen LogP contribution in [0.4, 0.5) is 0 Å². The summed E-state index contributed by atoms with van der Waals surface area (Å²) in [5, 5.41) is 11.0. The van der Waals surface area contributed by atoms with Gasteiger partial charge in [-0.15, -0.1) is 0 Å². The van der Waals surface area contributed by atoms with Gasteiger partial charge in [-0.05, 0) is 45.8 Å². The predicted molar refractivity (Wildman–Crippen MR) is 79.3 cm³/mol. The largest absolute Gasteiger partial charge is 0.380 e. The molecule has 3 nitrogen and oxygen atoms in total. The maximum atomic E-state index is 10.3. The molecule has 0 fully saturated rings. The summed E-state index contributed by atoms with van der Waals surface area (Å²) in [6.07, 6.45) is -0.795. The van der Waals surface area contributed by atoms with E-state index in [0.717, 1.165) is 21.1 Å². The van der Waals surface area contributed by atoms with Gasteiger partial charge in [-0.2, -0.15) is 0 Å². The predicted octanol–water partition coefficient (Wildman–Crippen LogP) is 4.06. The minimum absolute atomic E-state index is 0.518. The summed E-state index contributed by atoms with van der Waals surface area (Å²) in [7, 11) is 0. The number of nitrogens with zero attached hydrogens (tertiary/aromatic N) is 1. The van der Waals surface area contributed by atoms with Gasteiger partial charge < -0.3 is 10.1 Å². The van der Waals surface area contributed by atoms with Crippen LogP contribution in [0.3, 0.4) is 0 Å². The van der Waals surface area contributed by atoms with E-state index in [0.29, 0.717) is 10.8 Å². The van der Waals surface area contributed by atoms with Crippen LogP contribution in [0, 0.1) is 0 Å². The molecule has 0 aliphatic rings. The first kappa shape index (κ1) is 12.7. The van der Waals surface area contributed by atoms with E-state index in [1.54, 1.807) is 24.3 Å². The van der Waals surface area contributed by atoms with Crippen molar-refractivity contribution in [3.63, 3.8) is 0 Å². The number of halogens is 2. The normalized spacial score (nSPS) is 12.8. The summed E-state index contributed by atoms with van der Waals surface area (Å²) in [5.74, 6) is 0.518. The standard InChI is InChI=1S/C14H10BrClN2O/c15-10-2-1-3-11-12(10)18-14(17-11)13(19)8-4-6-9(16)7-5-8/h1-7,13,19H,(H,17,18)/t13-/m0/s1. The third-order valence-corrected chi connectivity index (χ3v) is 3.82. The number of aliphatic hydroxyl groups excluding tert-OH is 1. The van der Waals surface area contributed by atoms with Crippen molar-refractivity contribution in [1.29, 1.82) is 0 Å². The second-order valence-corrected chi connectivity index (χ2v) is 5.50. The lowest BCUT2D eigenvalue weighted by Crippen LogP contribution is -2.01. The highest BCUT2D eigenvalue weighted by molar-refractivity contribution is 9.10. The molecular formula is C14H10BrClN2O. The van der Waals surface area contributed by atoms with E-state index >= 15 is 0 Å². The number of imidazole rings is 1. The second kappa shape index (κ2) is 4.96. The molecule has 0 saturated heterocycles. The highest BCUT2D eigenvalue weighted by Crippen LogP contribution is 2.26. The highest BCUT2D eigenvalue weighted by atomic mass is 79.9. The van der Waals surface area contributed by atoms with Crippen molar-refractivity contribution < 1.29 is 5.11 Å². The topological polar surface area (TPSA) is 48.9 Å². The van der Waals surface area contributed by atoms with Gasteiger partial charge in [-0.3, -0.25) is 0 Å². The number of fused-ring (bicyclic) bond motifs is 1. The maximum Gasteiger partial charge on any atom is 0.140 e. The van der Waals surface area contributed by atoms with Crippen LogP contribution >= 0.6 is 27.5 Å². The Labute approximate surface area is 123 Å². The molecular weight excluding hydrogens is 328 g/mol. The van der Waals surface area contributed by atoms with Gasteiger partial charge in [-0.25, -0.2) is 4.98 Å². The lowest BCUT2D eigenvalue weighted by atomic mass is 10.1. The molecule has 2 N–H and O–H groups in total. The van der Waals surface area contributed by atoms with E-state index in [2.05, 4.69) is 25.9 Å². The van der Waals surface area contributed by atoms with E-state index in [-0.39, 0.29) is 0 Å². The molecule has 1 aromatic heterocycles. The summed E-state index contributed by atoms with van der Waals surface area (Å²) in [6.45, 7) is 0. The molecule has 0 spiro atoms. The zero-order valence-electron chi connectivity index (χ0n) is 9.77. The average molecular weight is 338 g/mol. The molecule has 1 atom stereocenters. The third-order valence-electron chi connectivity index (χ3n) is 2.93. The lowest BCUT2D eigenvalue weighted by molar-refractivity contribution is 0.211. The van der Waals surface area contributed by atoms with Crippen molar-refractivity contribution in [1.82, 2.24) is 9.97 Å². The number of rotatable bonds is 2. The highest BCUT2D eigenvalue weighted by Gasteiger charge is 2.15. The summed E-state index contributed by atoms with van der Waals surface area (Å²) in [4.78, 5) is 7.55. The van der Waals surface area contributed by atoms with Crippen LogP contribution in [-0.2, 0) is 0 Å². The first-order valence-corrected chi connectivity index (χ1v) is 6.90. The quantitative estimate of drug-likeness (QED) is 0.741. The Kier molecular flexibility index (Phi) is 3.31. The van der Waals surface area contributed by atoms with Gasteiger partial charge in [0.25, 0.3) is 0 Å². The SMILES string of the molecule is O[C@@H](c1ccc(Cl)cc1)c1nc2c(Br)cccc2[nH]1. The summed E-state index contributed by atoms with van der Waals surface area (Å²) in [6, 6.07) is 12.8. The molecule has 19 heavy (non-hydrogen) atoms. The molecule has 1 heterocycles. The van der Waals surface area contributed by atoms with Crippen LogP contribution < -0.4 is 0 Å². The Morgan fingerprint density at radius 1 is 1.16 bits per heavy atom. The molecule has 0 unspecified atom stereocenters.